The van der Waals surface area contributed by atoms with Gasteiger partial charge < -0.3 is 19.8 Å². The van der Waals surface area contributed by atoms with E-state index in [0.29, 0.717) is 6.42 Å². The lowest BCUT2D eigenvalue weighted by atomic mass is 10.1. The standard InChI is InChI=1S/C14H29O5P.C4H6O5/c1-2-3-4-5-6-7-8-9-10-11-12-13-14(15)19-20(16,17)18;5-2(4(8)9)1-3(6)7/h2-13H2,1H3,(H2,16,17,18);2,5H,1H2,(H,6,7)(H,8,9). The van der Waals surface area contributed by atoms with Gasteiger partial charge in [-0.05, 0) is 6.42 Å². The largest absolute Gasteiger partial charge is 0.526 e. The van der Waals surface area contributed by atoms with Gasteiger partial charge in [-0.15, -0.1) is 0 Å². The Hall–Kier alpha value is -1.48. The Kier molecular flexibility index (Phi) is 19.0. The molecule has 11 heteroatoms. The molecular formula is C18H35O10P. The number of carboxylic acid groups (broad SMARTS) is 2. The summed E-state index contributed by atoms with van der Waals surface area (Å²) >= 11 is 0. The van der Waals surface area contributed by atoms with E-state index in [1.807, 2.05) is 0 Å². The third-order valence-electron chi connectivity index (χ3n) is 3.86. The Morgan fingerprint density at radius 2 is 1.24 bits per heavy atom. The second kappa shape index (κ2) is 18.5. The van der Waals surface area contributed by atoms with Crippen molar-refractivity contribution in [2.45, 2.75) is 96.5 Å². The predicted molar refractivity (Wildman–Crippen MR) is 105 cm³/mol. The first-order valence-corrected chi connectivity index (χ1v) is 11.4. The molecule has 0 aromatic carbocycles. The summed E-state index contributed by atoms with van der Waals surface area (Å²) in [6, 6.07) is 0. The molecule has 0 aromatic rings. The Morgan fingerprint density at radius 1 is 0.828 bits per heavy atom. The average Bonchev–Trinajstić information content (AvgIpc) is 2.58. The lowest BCUT2D eigenvalue weighted by Gasteiger charge is -2.05. The molecule has 0 aliphatic heterocycles. The fourth-order valence-electron chi connectivity index (χ4n) is 2.36. The molecule has 0 spiro atoms. The molecule has 0 fully saturated rings. The summed E-state index contributed by atoms with van der Waals surface area (Å²) in [4.78, 5) is 47.3. The number of unbranched alkanes of at least 4 members (excludes halogenated alkanes) is 10. The molecule has 0 rings (SSSR count). The van der Waals surface area contributed by atoms with Gasteiger partial charge in [0.25, 0.3) is 0 Å². The highest BCUT2D eigenvalue weighted by atomic mass is 31.2. The topological polar surface area (TPSA) is 179 Å². The molecule has 0 saturated heterocycles. The first-order chi connectivity index (χ1) is 13.5. The van der Waals surface area contributed by atoms with Crippen molar-refractivity contribution < 1.29 is 48.6 Å². The van der Waals surface area contributed by atoms with E-state index in [-0.39, 0.29) is 6.42 Å². The highest BCUT2D eigenvalue weighted by molar-refractivity contribution is 7.46. The molecule has 1 unspecified atom stereocenters. The second-order valence-electron chi connectivity index (χ2n) is 6.69. The summed E-state index contributed by atoms with van der Waals surface area (Å²) in [5.74, 6) is -3.66. The summed E-state index contributed by atoms with van der Waals surface area (Å²) in [6.07, 6.45) is 10.5. The zero-order valence-corrected chi connectivity index (χ0v) is 17.9. The van der Waals surface area contributed by atoms with Gasteiger partial charge in [0, 0.05) is 6.42 Å². The number of hydrogen-bond donors (Lipinski definition) is 5. The van der Waals surface area contributed by atoms with Crippen molar-refractivity contribution in [1.82, 2.24) is 0 Å². The van der Waals surface area contributed by atoms with Crippen molar-refractivity contribution in [3.8, 4) is 0 Å². The number of rotatable bonds is 16. The molecule has 5 N–H and O–H groups in total. The van der Waals surface area contributed by atoms with E-state index in [1.54, 1.807) is 0 Å². The maximum absolute atomic E-state index is 11.0. The quantitative estimate of drug-likeness (QED) is 0.176. The summed E-state index contributed by atoms with van der Waals surface area (Å²) in [5.41, 5.74) is 0. The Labute approximate surface area is 171 Å². The van der Waals surface area contributed by atoms with E-state index in [2.05, 4.69) is 11.4 Å². The van der Waals surface area contributed by atoms with Crippen LogP contribution < -0.4 is 0 Å². The first-order valence-electron chi connectivity index (χ1n) is 9.90. The SMILES string of the molecule is CCCCCCCCCCCCCC(=O)OP(=O)(O)O.O=C(O)CC(O)C(=O)O. The second-order valence-corrected chi connectivity index (χ2v) is 7.86. The number of aliphatic carboxylic acids is 2. The molecule has 0 heterocycles. The molecular weight excluding hydrogens is 407 g/mol. The Balaban J connectivity index is 0. The van der Waals surface area contributed by atoms with Gasteiger partial charge in [-0.1, -0.05) is 71.1 Å². The molecule has 29 heavy (non-hydrogen) atoms. The highest BCUT2D eigenvalue weighted by Crippen LogP contribution is 2.36. The number of carboxylic acids is 2. The van der Waals surface area contributed by atoms with Crippen molar-refractivity contribution in [1.29, 1.82) is 0 Å². The zero-order chi connectivity index (χ0) is 22.7. The van der Waals surface area contributed by atoms with Crippen LogP contribution in [0, 0.1) is 0 Å². The van der Waals surface area contributed by atoms with Crippen LogP contribution in [0.25, 0.3) is 0 Å². The van der Waals surface area contributed by atoms with Crippen LogP contribution in [0.15, 0.2) is 0 Å². The Bertz CT molecular complexity index is 503. The van der Waals surface area contributed by atoms with Gasteiger partial charge in [0.1, 0.15) is 0 Å². The van der Waals surface area contributed by atoms with Gasteiger partial charge in [-0.25, -0.2) is 9.36 Å². The number of aliphatic hydroxyl groups is 1. The molecule has 0 aromatic heterocycles. The summed E-state index contributed by atoms with van der Waals surface area (Å²) in [7, 11) is -4.65. The predicted octanol–water partition coefficient (Wildman–Crippen LogP) is 3.23. The van der Waals surface area contributed by atoms with Gasteiger partial charge in [0.15, 0.2) is 6.10 Å². The van der Waals surface area contributed by atoms with Crippen LogP contribution in [0.4, 0.5) is 0 Å². The van der Waals surface area contributed by atoms with E-state index >= 15 is 0 Å². The van der Waals surface area contributed by atoms with Gasteiger partial charge in [0.05, 0.1) is 6.42 Å². The maximum atomic E-state index is 11.0. The molecule has 0 amide bonds. The lowest BCUT2D eigenvalue weighted by Crippen LogP contribution is -2.22. The van der Waals surface area contributed by atoms with E-state index in [0.717, 1.165) is 12.8 Å². The van der Waals surface area contributed by atoms with Crippen LogP contribution in [-0.4, -0.2) is 49.1 Å². The van der Waals surface area contributed by atoms with Crippen molar-refractivity contribution in [2.75, 3.05) is 0 Å². The number of aliphatic hydroxyl groups excluding tert-OH is 1. The number of phosphoric acid groups is 1. The lowest BCUT2D eigenvalue weighted by molar-refractivity contribution is -0.152. The van der Waals surface area contributed by atoms with E-state index in [1.165, 1.54) is 51.4 Å². The monoisotopic (exact) mass is 442 g/mol. The average molecular weight is 442 g/mol. The van der Waals surface area contributed by atoms with Gasteiger partial charge in [0.2, 0.25) is 0 Å². The summed E-state index contributed by atoms with van der Waals surface area (Å²) in [5, 5.41) is 24.1. The summed E-state index contributed by atoms with van der Waals surface area (Å²) < 4.78 is 14.4. The minimum absolute atomic E-state index is 0.0854. The van der Waals surface area contributed by atoms with Gasteiger partial charge >= 0.3 is 25.7 Å². The van der Waals surface area contributed by atoms with Crippen LogP contribution in [-0.2, 0) is 23.5 Å². The zero-order valence-electron chi connectivity index (χ0n) is 17.0. The molecule has 1 atom stereocenters. The molecule has 172 valence electrons. The number of carbonyl (C=O) groups excluding carboxylic acids is 1. The fourth-order valence-corrected chi connectivity index (χ4v) is 2.72. The van der Waals surface area contributed by atoms with Gasteiger partial charge in [-0.3, -0.25) is 19.4 Å². The van der Waals surface area contributed by atoms with Crippen molar-refractivity contribution in [3.63, 3.8) is 0 Å². The first kappa shape index (κ1) is 29.7. The molecule has 0 aliphatic rings. The van der Waals surface area contributed by atoms with Gasteiger partial charge in [-0.2, -0.15) is 0 Å². The third kappa shape index (κ3) is 26.5. The minimum atomic E-state index is -4.65. The minimum Gasteiger partial charge on any atom is -0.481 e. The van der Waals surface area contributed by atoms with E-state index in [4.69, 9.17) is 25.1 Å². The molecule has 0 radical (unpaired) electrons. The third-order valence-corrected chi connectivity index (χ3v) is 4.30. The van der Waals surface area contributed by atoms with Crippen LogP contribution in [0.2, 0.25) is 0 Å². The van der Waals surface area contributed by atoms with Crippen LogP contribution in [0.5, 0.6) is 0 Å². The smallest absolute Gasteiger partial charge is 0.481 e. The van der Waals surface area contributed by atoms with Crippen LogP contribution >= 0.6 is 7.82 Å². The molecule has 0 saturated carbocycles. The number of phosphoric ester groups is 1. The van der Waals surface area contributed by atoms with Crippen LogP contribution in [0.3, 0.4) is 0 Å². The number of carbonyl (C=O) groups is 3. The van der Waals surface area contributed by atoms with E-state index < -0.39 is 38.3 Å². The van der Waals surface area contributed by atoms with Crippen molar-refractivity contribution >= 4 is 25.7 Å². The maximum Gasteiger partial charge on any atom is 0.526 e. The van der Waals surface area contributed by atoms with E-state index in [9.17, 15) is 18.9 Å². The van der Waals surface area contributed by atoms with Crippen molar-refractivity contribution in [2.24, 2.45) is 0 Å². The van der Waals surface area contributed by atoms with Crippen molar-refractivity contribution in [3.05, 3.63) is 0 Å². The number of hydrogen-bond acceptors (Lipinski definition) is 6. The summed E-state index contributed by atoms with van der Waals surface area (Å²) in [6.45, 7) is 2.22. The van der Waals surface area contributed by atoms with Crippen LogP contribution in [0.1, 0.15) is 90.4 Å². The molecule has 0 aliphatic carbocycles. The molecule has 10 nitrogen and oxygen atoms in total. The highest BCUT2D eigenvalue weighted by Gasteiger charge is 2.19. The molecule has 0 bridgehead atoms. The normalized spacial score (nSPS) is 11.9. The Morgan fingerprint density at radius 3 is 1.55 bits per heavy atom. The fraction of sp³-hybridized carbons (Fsp3) is 0.833.